The normalized spacial score (nSPS) is 12.7. The number of hydrogen-bond donors (Lipinski definition) is 12. The van der Waals surface area contributed by atoms with Crippen LogP contribution in [0.5, 0.6) is 0 Å². The molecule has 12 N–H and O–H groups in total. The summed E-state index contributed by atoms with van der Waals surface area (Å²) in [4.78, 5) is 109. The number of carbonyl (C=O) groups excluding carboxylic acids is 4. The van der Waals surface area contributed by atoms with Crippen LogP contribution >= 0.6 is 12.0 Å². The third-order valence-corrected chi connectivity index (χ3v) is 22.9. The number of nitrogens with zero attached hydrogens (tertiary/aromatic N) is 8. The molecule has 0 aliphatic heterocycles. The molecule has 0 saturated carbocycles. The van der Waals surface area contributed by atoms with Crippen LogP contribution in [0.25, 0.3) is 44.1 Å². The Kier molecular flexibility index (Phi) is 19.6. The van der Waals surface area contributed by atoms with Gasteiger partial charge in [0.1, 0.15) is 26.3 Å². The standard InChI is InChI=1S/C69H50N14O24S6/c1-30-72-66(80-68(74-30)78-42-25-43(49(111(97,98)99)27-48(42)108-107-106-90)76-40-19-21-46-56-52(36-15-5-7-17-38(36)62(86)54(40)56)58(64(88)82(46)3)60(84)32-11-9-13-34(23-32)109(91,92)93)70-29-71-67-73-31(2)75-69(81-67)79-45-26-44(50(112(100,101)102)28-51(45)113(103,104)105)77-41-20-22-47-57-53(37-16-6-8-18-39(37)63(87)55(41)57)59(65(89)83(47)4)61(85)33-12-10-14-35(24-33)110(94,95)96/h5-28,76-77,90H,29H2,1-4H3,(H,91,92,93)(H,94,95,96)(H,97,98,99)(H,100,101,102)(H,103,104,105)(H2,70,72,74,78,80)(H2,71,73,75,79,81). The first-order valence-electron chi connectivity index (χ1n) is 32.2. The smallest absolute Gasteiger partial charge is 0.296 e. The third-order valence-electron chi connectivity index (χ3n) is 17.9. The highest BCUT2D eigenvalue weighted by Gasteiger charge is 2.38. The van der Waals surface area contributed by atoms with Crippen molar-refractivity contribution in [3.05, 3.63) is 222 Å². The number of hydrogen-bond acceptors (Lipinski definition) is 32. The number of ketones is 4. The van der Waals surface area contributed by atoms with Crippen LogP contribution < -0.4 is 43.0 Å². The van der Waals surface area contributed by atoms with Crippen LogP contribution in [0.4, 0.5) is 57.9 Å². The lowest BCUT2D eigenvalue weighted by atomic mass is 9.80. The SMILES string of the molecule is Cc1nc(NCNc2nc(C)nc(Nc3cc(Nc4ccc5c6c4C(=O)c4ccccc4-c6c(C(=O)c4cccc(S(=O)(=O)O)c4)c(=O)n5C)c(S(=O)(=O)O)cc3S(=O)(=O)O)n2)nc(Nc2cc(Nc3ccc4c5c3C(=O)c3ccccc3-c5c(C(=O)c3cccc(S(=O)(=O)O)c3)c(=O)n4C)c(S(=O)(=O)O)cc2SOOO)n1. The zero-order chi connectivity index (χ0) is 81.0. The lowest BCUT2D eigenvalue weighted by Gasteiger charge is -2.26. The first-order valence-corrected chi connectivity index (χ1v) is 40.1. The fraction of sp³-hybridized carbons (Fsp3) is 0.0725. The molecule has 0 radical (unpaired) electrons. The van der Waals surface area contributed by atoms with Gasteiger partial charge in [0.05, 0.1) is 101 Å². The maximum Gasteiger partial charge on any atom is 0.296 e. The molecule has 0 spiro atoms. The Morgan fingerprint density at radius 2 is 0.796 bits per heavy atom. The van der Waals surface area contributed by atoms with Crippen molar-refractivity contribution in [2.45, 2.75) is 43.2 Å². The molecule has 113 heavy (non-hydrogen) atoms. The highest BCUT2D eigenvalue weighted by atomic mass is 32.2. The van der Waals surface area contributed by atoms with Crippen LogP contribution in [0.1, 0.15) is 75.3 Å². The quantitative estimate of drug-likeness (QED) is 0.00674. The summed E-state index contributed by atoms with van der Waals surface area (Å²) in [7, 11) is -23.4. The number of aromatic nitrogens is 8. The van der Waals surface area contributed by atoms with Gasteiger partial charge in [-0.15, -0.1) is 4.33 Å². The number of nitrogens with one attached hydrogen (secondary N) is 6. The van der Waals surface area contributed by atoms with Crippen LogP contribution in [-0.4, -0.2) is 139 Å². The van der Waals surface area contributed by atoms with Gasteiger partial charge in [-0.05, 0) is 97.8 Å². The number of benzene rings is 8. The van der Waals surface area contributed by atoms with E-state index in [1.54, 1.807) is 0 Å². The molecule has 0 unspecified atom stereocenters. The number of pyridine rings is 2. The van der Waals surface area contributed by atoms with Crippen molar-refractivity contribution in [1.29, 1.82) is 0 Å². The van der Waals surface area contributed by atoms with Gasteiger partial charge in [0, 0.05) is 58.2 Å². The van der Waals surface area contributed by atoms with Crippen LogP contribution in [0.3, 0.4) is 0 Å². The van der Waals surface area contributed by atoms with E-state index in [1.807, 2.05) is 0 Å². The monoisotopic (exact) mass is 1650 g/mol. The molecule has 14 rings (SSSR count). The molecule has 44 heteroatoms. The number of anilines is 10. The Hall–Kier alpha value is -12.5. The van der Waals surface area contributed by atoms with Crippen LogP contribution in [0.2, 0.25) is 0 Å². The number of fused-ring (bicyclic) bond motifs is 4. The Morgan fingerprint density at radius 1 is 0.416 bits per heavy atom. The van der Waals surface area contributed by atoms with Gasteiger partial charge in [0.15, 0.2) is 23.1 Å². The molecule has 4 heterocycles. The molecular weight excluding hydrogens is 1600 g/mol. The lowest BCUT2D eigenvalue weighted by Crippen LogP contribution is -2.29. The summed E-state index contributed by atoms with van der Waals surface area (Å²) in [5, 5.41) is 29.9. The van der Waals surface area contributed by atoms with Crippen molar-refractivity contribution in [3.8, 4) is 22.3 Å². The molecule has 2 aliphatic carbocycles. The largest absolute Gasteiger partial charge is 0.354 e. The van der Waals surface area contributed by atoms with Crippen molar-refractivity contribution in [1.82, 2.24) is 39.0 Å². The number of aryl methyl sites for hydroxylation is 4. The van der Waals surface area contributed by atoms with Gasteiger partial charge in [0.25, 0.3) is 61.7 Å². The molecule has 576 valence electrons. The second-order valence-electron chi connectivity index (χ2n) is 24.8. The first-order chi connectivity index (χ1) is 53.3. The van der Waals surface area contributed by atoms with Crippen molar-refractivity contribution in [3.63, 3.8) is 0 Å². The molecule has 0 atom stereocenters. The Morgan fingerprint density at radius 3 is 1.20 bits per heavy atom. The molecule has 0 fully saturated rings. The van der Waals surface area contributed by atoms with E-state index >= 15 is 0 Å². The minimum atomic E-state index is -5.51. The Balaban J connectivity index is 0.771. The topological polar surface area (TPSA) is 572 Å². The maximum atomic E-state index is 14.9. The zero-order valence-corrected chi connectivity index (χ0v) is 62.5. The van der Waals surface area contributed by atoms with E-state index in [1.165, 1.54) is 119 Å². The van der Waals surface area contributed by atoms with Crippen LogP contribution in [0, 0.1) is 13.8 Å². The van der Waals surface area contributed by atoms with Crippen LogP contribution in [0.15, 0.2) is 185 Å². The van der Waals surface area contributed by atoms with Gasteiger partial charge in [-0.2, -0.15) is 72.0 Å². The molecule has 0 amide bonds. The molecular formula is C69H50N14O24S6. The average Bonchev–Trinajstić information content (AvgIpc) is 0.710. The van der Waals surface area contributed by atoms with Gasteiger partial charge in [-0.3, -0.25) is 51.5 Å². The van der Waals surface area contributed by atoms with Gasteiger partial charge in [-0.1, -0.05) is 77.8 Å². The summed E-state index contributed by atoms with van der Waals surface area (Å²) >= 11 is 0.214. The van der Waals surface area contributed by atoms with E-state index in [0.29, 0.717) is 6.07 Å². The molecule has 0 bridgehead atoms. The van der Waals surface area contributed by atoms with Crippen molar-refractivity contribution < 1.29 is 98.7 Å². The van der Waals surface area contributed by atoms with E-state index in [2.05, 4.69) is 66.8 Å². The lowest BCUT2D eigenvalue weighted by molar-refractivity contribution is -0.432. The van der Waals surface area contributed by atoms with Gasteiger partial charge >= 0.3 is 0 Å². The van der Waals surface area contributed by atoms with E-state index in [0.717, 1.165) is 57.7 Å². The fourth-order valence-electron chi connectivity index (χ4n) is 13.1. The average molecular weight is 1650 g/mol. The minimum absolute atomic E-state index is 0.00292. The second kappa shape index (κ2) is 28.6. The second-order valence-corrected chi connectivity index (χ2v) is 32.6. The molecule has 2 aliphatic rings. The highest BCUT2D eigenvalue weighted by molar-refractivity contribution is 7.94. The van der Waals surface area contributed by atoms with Crippen molar-refractivity contribution in [2.24, 2.45) is 14.1 Å². The van der Waals surface area contributed by atoms with Gasteiger partial charge in [-0.25, -0.2) is 5.26 Å². The molecule has 0 saturated heterocycles. The predicted molar refractivity (Wildman–Crippen MR) is 403 cm³/mol. The van der Waals surface area contributed by atoms with Gasteiger partial charge in [0.2, 0.25) is 23.8 Å². The summed E-state index contributed by atoms with van der Waals surface area (Å²) in [5.41, 5.74) is -6.34. The first kappa shape index (κ1) is 77.2. The maximum absolute atomic E-state index is 14.9. The molecule has 12 aromatic rings. The van der Waals surface area contributed by atoms with E-state index in [-0.39, 0.29) is 148 Å². The predicted octanol–water partition coefficient (Wildman–Crippen LogP) is 8.38. The van der Waals surface area contributed by atoms with Crippen LogP contribution in [-0.2, 0) is 74.1 Å². The molecule has 4 aromatic heterocycles. The van der Waals surface area contributed by atoms with Gasteiger partial charge < -0.3 is 41.0 Å². The van der Waals surface area contributed by atoms with E-state index < -0.39 is 143 Å². The summed E-state index contributed by atoms with van der Waals surface area (Å²) in [5.74, 6) is -4.75. The minimum Gasteiger partial charge on any atom is -0.354 e. The summed E-state index contributed by atoms with van der Waals surface area (Å²) in [6.07, 6.45) is 0. The number of carbonyl (C=O) groups is 4. The fourth-order valence-corrected chi connectivity index (χ4v) is 16.7. The van der Waals surface area contributed by atoms with Crippen molar-refractivity contribution in [2.75, 3.05) is 38.6 Å². The Bertz CT molecular complexity index is 7030. The summed E-state index contributed by atoms with van der Waals surface area (Å²) < 4.78 is 187. The highest BCUT2D eigenvalue weighted by Crippen LogP contribution is 2.48. The van der Waals surface area contributed by atoms with E-state index in [4.69, 9.17) is 4.33 Å². The Labute approximate surface area is 639 Å². The summed E-state index contributed by atoms with van der Waals surface area (Å²) in [6.45, 7) is 2.45. The molecule has 38 nitrogen and oxygen atoms in total. The number of rotatable bonds is 24. The zero-order valence-electron chi connectivity index (χ0n) is 57.6. The molecule has 8 aromatic carbocycles. The third kappa shape index (κ3) is 14.5. The van der Waals surface area contributed by atoms with Crippen molar-refractivity contribution >= 4 is 165 Å². The summed E-state index contributed by atoms with van der Waals surface area (Å²) in [6, 6.07) is 28.6. The van der Waals surface area contributed by atoms with E-state index in [9.17, 15) is 98.9 Å².